The maximum Gasteiger partial charge on any atom is 0.328 e. The minimum Gasteiger partial charge on any atom is -0.478 e. The van der Waals surface area contributed by atoms with E-state index >= 15 is 0 Å². The molecule has 0 spiro atoms. The van der Waals surface area contributed by atoms with Gasteiger partial charge in [-0.1, -0.05) is 29.8 Å². The normalized spacial score (nSPS) is 15.3. The molecular weight excluding hydrogens is 250 g/mol. The van der Waals surface area contributed by atoms with E-state index in [1.165, 1.54) is 6.08 Å². The molecule has 1 aliphatic heterocycles. The average molecular weight is 264 g/mol. The van der Waals surface area contributed by atoms with Crippen molar-refractivity contribution < 1.29 is 9.90 Å². The standard InChI is InChI=1S/C14H14ClNO2/c15-12-10-11(5-7-14(17)18)4-6-13(12)16-8-2-1-3-9-16/h1-2,4-7,10H,3,8-9H2,(H,17,18)/b7-5+. The third-order valence-corrected chi connectivity index (χ3v) is 3.09. The quantitative estimate of drug-likeness (QED) is 0.672. The van der Waals surface area contributed by atoms with E-state index in [9.17, 15) is 4.79 Å². The minimum absolute atomic E-state index is 0.651. The highest BCUT2D eigenvalue weighted by Crippen LogP contribution is 2.28. The number of halogens is 1. The molecule has 1 aromatic rings. The zero-order chi connectivity index (χ0) is 13.0. The number of nitrogens with zero attached hydrogens (tertiary/aromatic N) is 1. The molecule has 1 N–H and O–H groups in total. The van der Waals surface area contributed by atoms with Gasteiger partial charge in [0.25, 0.3) is 0 Å². The molecule has 1 aliphatic rings. The maximum atomic E-state index is 10.4. The highest BCUT2D eigenvalue weighted by Gasteiger charge is 2.10. The summed E-state index contributed by atoms with van der Waals surface area (Å²) in [6.07, 6.45) is 7.95. The monoisotopic (exact) mass is 263 g/mol. The molecule has 0 saturated carbocycles. The van der Waals surface area contributed by atoms with E-state index < -0.39 is 5.97 Å². The molecule has 0 aliphatic carbocycles. The van der Waals surface area contributed by atoms with Crippen LogP contribution in [0.3, 0.4) is 0 Å². The van der Waals surface area contributed by atoms with Crippen molar-refractivity contribution in [2.24, 2.45) is 0 Å². The van der Waals surface area contributed by atoms with E-state index in [-0.39, 0.29) is 0 Å². The summed E-state index contributed by atoms with van der Waals surface area (Å²) in [5, 5.41) is 9.22. The van der Waals surface area contributed by atoms with Crippen molar-refractivity contribution in [1.82, 2.24) is 0 Å². The summed E-state index contributed by atoms with van der Waals surface area (Å²) in [6.45, 7) is 1.82. The van der Waals surface area contributed by atoms with E-state index in [0.717, 1.165) is 36.8 Å². The molecule has 0 saturated heterocycles. The number of anilines is 1. The summed E-state index contributed by atoms with van der Waals surface area (Å²) in [7, 11) is 0. The molecule has 1 aromatic carbocycles. The Bertz CT molecular complexity index is 509. The van der Waals surface area contributed by atoms with Gasteiger partial charge in [0, 0.05) is 19.2 Å². The summed E-state index contributed by atoms with van der Waals surface area (Å²) >= 11 is 6.23. The van der Waals surface area contributed by atoms with Crippen LogP contribution in [0.5, 0.6) is 0 Å². The second kappa shape index (κ2) is 5.74. The molecule has 1 heterocycles. The Labute approximate surface area is 111 Å². The van der Waals surface area contributed by atoms with E-state index in [4.69, 9.17) is 16.7 Å². The van der Waals surface area contributed by atoms with E-state index in [1.807, 2.05) is 12.1 Å². The summed E-state index contributed by atoms with van der Waals surface area (Å²) in [6, 6.07) is 5.59. The molecule has 0 amide bonds. The van der Waals surface area contributed by atoms with Crippen LogP contribution >= 0.6 is 11.6 Å². The van der Waals surface area contributed by atoms with Crippen molar-refractivity contribution in [3.05, 3.63) is 47.0 Å². The van der Waals surface area contributed by atoms with Gasteiger partial charge in [0.2, 0.25) is 0 Å². The number of carboxylic acids is 1. The molecule has 2 rings (SSSR count). The van der Waals surface area contributed by atoms with Crippen LogP contribution in [0.2, 0.25) is 5.02 Å². The highest BCUT2D eigenvalue weighted by molar-refractivity contribution is 6.33. The third-order valence-electron chi connectivity index (χ3n) is 2.79. The van der Waals surface area contributed by atoms with Crippen molar-refractivity contribution in [3.63, 3.8) is 0 Å². The van der Waals surface area contributed by atoms with Crippen LogP contribution in [0.1, 0.15) is 12.0 Å². The molecule has 18 heavy (non-hydrogen) atoms. The molecular formula is C14H14ClNO2. The van der Waals surface area contributed by atoms with Gasteiger partial charge in [-0.3, -0.25) is 0 Å². The minimum atomic E-state index is -0.962. The summed E-state index contributed by atoms with van der Waals surface area (Å²) in [5.74, 6) is -0.962. The zero-order valence-corrected chi connectivity index (χ0v) is 10.6. The van der Waals surface area contributed by atoms with Gasteiger partial charge in [0.05, 0.1) is 10.7 Å². The summed E-state index contributed by atoms with van der Waals surface area (Å²) < 4.78 is 0. The van der Waals surface area contributed by atoms with Crippen molar-refractivity contribution >= 4 is 29.3 Å². The predicted octanol–water partition coefficient (Wildman–Crippen LogP) is 3.20. The first-order chi connectivity index (χ1) is 8.66. The van der Waals surface area contributed by atoms with Crippen molar-refractivity contribution in [3.8, 4) is 0 Å². The molecule has 0 atom stereocenters. The summed E-state index contributed by atoms with van der Waals surface area (Å²) in [5.41, 5.74) is 1.78. The lowest BCUT2D eigenvalue weighted by Crippen LogP contribution is -2.26. The van der Waals surface area contributed by atoms with Gasteiger partial charge in [-0.25, -0.2) is 4.79 Å². The Kier molecular flexibility index (Phi) is 4.05. The molecule has 3 nitrogen and oxygen atoms in total. The number of rotatable bonds is 3. The fourth-order valence-corrected chi connectivity index (χ4v) is 2.22. The molecule has 0 unspecified atom stereocenters. The average Bonchev–Trinajstić information content (AvgIpc) is 2.37. The van der Waals surface area contributed by atoms with Crippen LogP contribution in [0.25, 0.3) is 6.08 Å². The fourth-order valence-electron chi connectivity index (χ4n) is 1.91. The number of hydrogen-bond donors (Lipinski definition) is 1. The first kappa shape index (κ1) is 12.7. The smallest absolute Gasteiger partial charge is 0.328 e. The van der Waals surface area contributed by atoms with Crippen LogP contribution in [0.15, 0.2) is 36.4 Å². The Morgan fingerprint density at radius 1 is 1.39 bits per heavy atom. The van der Waals surface area contributed by atoms with Crippen LogP contribution in [0, 0.1) is 0 Å². The number of benzene rings is 1. The predicted molar refractivity (Wildman–Crippen MR) is 74.1 cm³/mol. The first-order valence-electron chi connectivity index (χ1n) is 5.77. The SMILES string of the molecule is O=C(O)/C=C/c1ccc(N2CC=CCC2)c(Cl)c1. The number of hydrogen-bond acceptors (Lipinski definition) is 2. The molecule has 94 valence electrons. The van der Waals surface area contributed by atoms with E-state index in [2.05, 4.69) is 17.1 Å². The Morgan fingerprint density at radius 3 is 2.83 bits per heavy atom. The van der Waals surface area contributed by atoms with E-state index in [1.54, 1.807) is 6.07 Å². The van der Waals surface area contributed by atoms with Crippen LogP contribution < -0.4 is 4.90 Å². The van der Waals surface area contributed by atoms with Crippen molar-refractivity contribution in [1.29, 1.82) is 0 Å². The second-order valence-electron chi connectivity index (χ2n) is 4.09. The lowest BCUT2D eigenvalue weighted by Gasteiger charge is -2.26. The van der Waals surface area contributed by atoms with Crippen LogP contribution in [-0.4, -0.2) is 24.2 Å². The lowest BCUT2D eigenvalue weighted by atomic mass is 10.1. The number of carbonyl (C=O) groups is 1. The molecule has 0 bridgehead atoms. The molecule has 0 fully saturated rings. The highest BCUT2D eigenvalue weighted by atomic mass is 35.5. The van der Waals surface area contributed by atoms with E-state index in [0.29, 0.717) is 5.02 Å². The first-order valence-corrected chi connectivity index (χ1v) is 6.15. The van der Waals surface area contributed by atoms with Gasteiger partial charge in [-0.2, -0.15) is 0 Å². The van der Waals surface area contributed by atoms with Crippen LogP contribution in [0.4, 0.5) is 5.69 Å². The number of carboxylic acid groups (broad SMARTS) is 1. The van der Waals surface area contributed by atoms with Gasteiger partial charge in [0.15, 0.2) is 0 Å². The van der Waals surface area contributed by atoms with Crippen molar-refractivity contribution in [2.45, 2.75) is 6.42 Å². The second-order valence-corrected chi connectivity index (χ2v) is 4.50. The molecule has 0 radical (unpaired) electrons. The Balaban J connectivity index is 2.19. The number of aliphatic carboxylic acids is 1. The van der Waals surface area contributed by atoms with Crippen molar-refractivity contribution in [2.75, 3.05) is 18.0 Å². The van der Waals surface area contributed by atoms with Gasteiger partial charge in [-0.05, 0) is 30.2 Å². The van der Waals surface area contributed by atoms with Gasteiger partial charge in [-0.15, -0.1) is 0 Å². The van der Waals surface area contributed by atoms with Gasteiger partial charge < -0.3 is 10.0 Å². The largest absolute Gasteiger partial charge is 0.478 e. The fraction of sp³-hybridized carbons (Fsp3) is 0.214. The van der Waals surface area contributed by atoms with Gasteiger partial charge in [0.1, 0.15) is 0 Å². The molecule has 0 aromatic heterocycles. The Morgan fingerprint density at radius 2 is 2.22 bits per heavy atom. The van der Waals surface area contributed by atoms with Crippen LogP contribution in [-0.2, 0) is 4.79 Å². The maximum absolute atomic E-state index is 10.4. The lowest BCUT2D eigenvalue weighted by molar-refractivity contribution is -0.131. The third kappa shape index (κ3) is 3.14. The topological polar surface area (TPSA) is 40.5 Å². The Hall–Kier alpha value is -1.74. The summed E-state index contributed by atoms with van der Waals surface area (Å²) in [4.78, 5) is 12.6. The molecule has 4 heteroatoms. The zero-order valence-electron chi connectivity index (χ0n) is 9.84. The van der Waals surface area contributed by atoms with Gasteiger partial charge >= 0.3 is 5.97 Å².